The van der Waals surface area contributed by atoms with Crippen molar-refractivity contribution in [2.75, 3.05) is 0 Å². The van der Waals surface area contributed by atoms with E-state index in [9.17, 15) is 4.55 Å². The van der Waals surface area contributed by atoms with Gasteiger partial charge in [0.2, 0.25) is 0 Å². The first-order chi connectivity index (χ1) is 10.3. The molecule has 0 radical (unpaired) electrons. The van der Waals surface area contributed by atoms with Crippen LogP contribution in [0.3, 0.4) is 0 Å². The zero-order chi connectivity index (χ0) is 16.3. The van der Waals surface area contributed by atoms with Crippen molar-refractivity contribution in [2.45, 2.75) is 31.6 Å². The minimum Gasteiger partial charge on any atom is -0.598 e. The lowest BCUT2D eigenvalue weighted by molar-refractivity contribution is 0.536. The van der Waals surface area contributed by atoms with Gasteiger partial charge in [0, 0.05) is 27.2 Å². The Morgan fingerprint density at radius 2 is 1.95 bits per heavy atom. The fourth-order valence-electron chi connectivity index (χ4n) is 1.87. The Morgan fingerprint density at radius 1 is 1.32 bits per heavy atom. The molecule has 4 N–H and O–H groups in total. The first kappa shape index (κ1) is 17.0. The molecule has 2 atom stereocenters. The molecule has 1 unspecified atom stereocenters. The van der Waals surface area contributed by atoms with Crippen LogP contribution in [0, 0.1) is 5.41 Å². The predicted octanol–water partition coefficient (Wildman–Crippen LogP) is 3.17. The van der Waals surface area contributed by atoms with E-state index in [1.54, 1.807) is 0 Å². The first-order valence-electron chi connectivity index (χ1n) is 6.95. The molecule has 118 valence electrons. The van der Waals surface area contributed by atoms with E-state index < -0.39 is 11.4 Å². The molecule has 4 nitrogen and oxygen atoms in total. The van der Waals surface area contributed by atoms with Crippen molar-refractivity contribution in [3.05, 3.63) is 57.8 Å². The topological polar surface area (TPSA) is 85.0 Å². The van der Waals surface area contributed by atoms with Gasteiger partial charge in [0.25, 0.3) is 0 Å². The van der Waals surface area contributed by atoms with Gasteiger partial charge in [0.05, 0.1) is 0 Å². The monoisotopic (exact) mass is 335 g/mol. The van der Waals surface area contributed by atoms with Gasteiger partial charge in [-0.25, -0.2) is 0 Å². The Balaban J connectivity index is 2.35. The number of amidine groups is 1. The molecule has 1 aromatic heterocycles. The van der Waals surface area contributed by atoms with Gasteiger partial charge >= 0.3 is 0 Å². The molecule has 1 heterocycles. The molecule has 0 aliphatic heterocycles. The van der Waals surface area contributed by atoms with Crippen LogP contribution in [0.1, 0.15) is 42.8 Å². The lowest BCUT2D eigenvalue weighted by atomic mass is 10.1. The summed E-state index contributed by atoms with van der Waals surface area (Å²) in [5.74, 6) is 0.0475. The number of benzene rings is 1. The maximum absolute atomic E-state index is 12.5. The highest BCUT2D eigenvalue weighted by molar-refractivity contribution is 7.90. The summed E-state index contributed by atoms with van der Waals surface area (Å²) >= 11 is 0.318. The fraction of sp³-hybridized carbons (Fsp3) is 0.312. The van der Waals surface area contributed by atoms with E-state index in [1.807, 2.05) is 62.5 Å². The van der Waals surface area contributed by atoms with E-state index in [-0.39, 0.29) is 16.6 Å². The van der Waals surface area contributed by atoms with Crippen LogP contribution in [0.25, 0.3) is 0 Å². The van der Waals surface area contributed by atoms with Crippen molar-refractivity contribution in [3.8, 4) is 0 Å². The van der Waals surface area contributed by atoms with Crippen molar-refractivity contribution < 1.29 is 4.55 Å². The third kappa shape index (κ3) is 4.10. The Labute approximate surface area is 138 Å². The molecule has 2 rings (SSSR count). The Morgan fingerprint density at radius 3 is 2.45 bits per heavy atom. The summed E-state index contributed by atoms with van der Waals surface area (Å²) in [4.78, 5) is 0.994. The van der Waals surface area contributed by atoms with Crippen molar-refractivity contribution >= 4 is 28.5 Å². The standard InChI is InChI=1S/C16H21N3OS2/c1-16(2,3)22(20)19-14(11-7-5-4-6-8-11)13-9-12(10-21-13)15(17)18/h4-10,14,19H,1-3H3,(H3,17,18)/t14?,22-/m0/s1. The summed E-state index contributed by atoms with van der Waals surface area (Å²) in [6.07, 6.45) is 0. The van der Waals surface area contributed by atoms with Crippen LogP contribution in [0.5, 0.6) is 0 Å². The van der Waals surface area contributed by atoms with Gasteiger partial charge in [-0.2, -0.15) is 0 Å². The lowest BCUT2D eigenvalue weighted by Gasteiger charge is -2.27. The molecule has 0 bridgehead atoms. The van der Waals surface area contributed by atoms with Crippen LogP contribution in [-0.4, -0.2) is 15.1 Å². The minimum atomic E-state index is -1.20. The molecule has 0 saturated carbocycles. The van der Waals surface area contributed by atoms with E-state index in [0.717, 1.165) is 10.4 Å². The van der Waals surface area contributed by atoms with Crippen LogP contribution in [0.4, 0.5) is 0 Å². The third-order valence-corrected chi connectivity index (χ3v) is 5.69. The highest BCUT2D eigenvalue weighted by Gasteiger charge is 2.31. The molecule has 0 fully saturated rings. The largest absolute Gasteiger partial charge is 0.598 e. The van der Waals surface area contributed by atoms with Gasteiger partial charge in [-0.05, 0) is 32.4 Å². The number of nitrogens with two attached hydrogens (primary N) is 1. The van der Waals surface area contributed by atoms with E-state index in [4.69, 9.17) is 11.1 Å². The van der Waals surface area contributed by atoms with Gasteiger partial charge in [0.15, 0.2) is 0 Å². The summed E-state index contributed by atoms with van der Waals surface area (Å²) in [6.45, 7) is 5.81. The van der Waals surface area contributed by atoms with Crippen LogP contribution in [0.2, 0.25) is 0 Å². The van der Waals surface area contributed by atoms with E-state index >= 15 is 0 Å². The second-order valence-electron chi connectivity index (χ2n) is 5.99. The summed E-state index contributed by atoms with van der Waals surface area (Å²) < 4.78 is 15.4. The number of hydrogen-bond donors (Lipinski definition) is 3. The van der Waals surface area contributed by atoms with Gasteiger partial charge in [-0.3, -0.25) is 5.41 Å². The summed E-state index contributed by atoms with van der Waals surface area (Å²) in [5.41, 5.74) is 7.28. The predicted molar refractivity (Wildman–Crippen MR) is 94.7 cm³/mol. The fourth-order valence-corrected chi connectivity index (χ4v) is 3.75. The first-order valence-corrected chi connectivity index (χ1v) is 8.98. The molecular formula is C16H21N3OS2. The van der Waals surface area contributed by atoms with E-state index in [2.05, 4.69) is 4.72 Å². The Hall–Kier alpha value is -1.34. The maximum Gasteiger partial charge on any atom is 0.136 e. The number of nitrogen functional groups attached to an aromatic ring is 1. The van der Waals surface area contributed by atoms with Gasteiger partial charge in [-0.1, -0.05) is 30.3 Å². The second-order valence-corrected chi connectivity index (χ2v) is 8.93. The van der Waals surface area contributed by atoms with Crippen molar-refractivity contribution in [3.63, 3.8) is 0 Å². The van der Waals surface area contributed by atoms with E-state index in [1.165, 1.54) is 11.3 Å². The smallest absolute Gasteiger partial charge is 0.136 e. The van der Waals surface area contributed by atoms with E-state index in [0.29, 0.717) is 5.56 Å². The number of thiophene rings is 1. The number of hydrogen-bond acceptors (Lipinski definition) is 4. The van der Waals surface area contributed by atoms with Gasteiger partial charge in [-0.15, -0.1) is 16.1 Å². The average Bonchev–Trinajstić information content (AvgIpc) is 2.94. The molecule has 6 heteroatoms. The molecule has 0 aliphatic carbocycles. The van der Waals surface area contributed by atoms with Crippen molar-refractivity contribution in [2.24, 2.45) is 5.73 Å². The third-order valence-electron chi connectivity index (χ3n) is 3.13. The highest BCUT2D eigenvalue weighted by atomic mass is 32.2. The molecular weight excluding hydrogens is 314 g/mol. The van der Waals surface area contributed by atoms with Crippen LogP contribution < -0.4 is 10.5 Å². The van der Waals surface area contributed by atoms with Gasteiger partial charge in [0.1, 0.15) is 16.6 Å². The molecule has 22 heavy (non-hydrogen) atoms. The normalized spacial score (nSPS) is 14.5. The Bertz CT molecular complexity index is 634. The van der Waals surface area contributed by atoms with Crippen molar-refractivity contribution in [1.29, 1.82) is 5.41 Å². The molecule has 1 aromatic carbocycles. The van der Waals surface area contributed by atoms with Gasteiger partial charge < -0.3 is 10.3 Å². The van der Waals surface area contributed by atoms with Crippen molar-refractivity contribution in [1.82, 2.24) is 4.72 Å². The number of nitrogens with one attached hydrogen (secondary N) is 2. The average molecular weight is 335 g/mol. The van der Waals surface area contributed by atoms with Crippen LogP contribution in [-0.2, 0) is 11.4 Å². The second kappa shape index (κ2) is 6.83. The van der Waals surface area contributed by atoms with Crippen LogP contribution >= 0.6 is 11.3 Å². The summed E-state index contributed by atoms with van der Waals surface area (Å²) in [6, 6.07) is 11.6. The quantitative estimate of drug-likeness (QED) is 0.446. The Kier molecular flexibility index (Phi) is 5.28. The SMILES string of the molecule is CC(C)(C)[S@+]([O-])NC(c1ccccc1)c1cc(C(=N)N)cs1. The minimum absolute atomic E-state index is 0.0475. The number of rotatable bonds is 5. The molecule has 2 aromatic rings. The summed E-state index contributed by atoms with van der Waals surface area (Å²) in [7, 11) is 0. The molecule has 0 spiro atoms. The maximum atomic E-state index is 12.5. The molecule has 0 saturated heterocycles. The van der Waals surface area contributed by atoms with Crippen LogP contribution in [0.15, 0.2) is 41.8 Å². The zero-order valence-electron chi connectivity index (χ0n) is 12.9. The molecule has 0 aliphatic rings. The highest BCUT2D eigenvalue weighted by Crippen LogP contribution is 2.30. The zero-order valence-corrected chi connectivity index (χ0v) is 14.6. The lowest BCUT2D eigenvalue weighted by Crippen LogP contribution is -2.41. The molecule has 0 amide bonds. The summed E-state index contributed by atoms with van der Waals surface area (Å²) in [5, 5.41) is 9.40.